The Bertz CT molecular complexity index is 543. The molecule has 4 nitrogen and oxygen atoms in total. The predicted molar refractivity (Wildman–Crippen MR) is 82.8 cm³/mol. The molecule has 2 aromatic heterocycles. The molecule has 22 heavy (non-hydrogen) atoms. The number of nitrogens with one attached hydrogen (secondary N) is 1. The largest absolute Gasteiger partial charge is 0.468 e. The summed E-state index contributed by atoms with van der Waals surface area (Å²) in [5, 5.41) is 3.30. The lowest BCUT2D eigenvalue weighted by Crippen LogP contribution is -2.30. The van der Waals surface area contributed by atoms with E-state index < -0.39 is 5.76 Å². The normalized spacial score (nSPS) is 13.2. The summed E-state index contributed by atoms with van der Waals surface area (Å²) in [6.07, 6.45) is 1.66. The number of hydrogen-bond acceptors (Lipinski definition) is 5. The van der Waals surface area contributed by atoms with E-state index in [-0.39, 0.29) is 11.8 Å². The number of likely N-dealkylation sites (N-methyl/N-ethyl adjacent to an activating group) is 1. The van der Waals surface area contributed by atoms with Crippen LogP contribution in [-0.2, 0) is 12.3 Å². The average molecular weight is 330 g/mol. The van der Waals surface area contributed by atoms with Gasteiger partial charge in [-0.05, 0) is 38.4 Å². The van der Waals surface area contributed by atoms with Crippen molar-refractivity contribution in [3.63, 3.8) is 0 Å². The fourth-order valence-corrected chi connectivity index (χ4v) is 2.54. The van der Waals surface area contributed by atoms with Crippen molar-refractivity contribution in [3.05, 3.63) is 47.8 Å². The van der Waals surface area contributed by atoms with Crippen molar-refractivity contribution in [1.29, 1.82) is 0 Å². The maximum absolute atomic E-state index is 12.1. The molecule has 0 aliphatic heterocycles. The van der Waals surface area contributed by atoms with Gasteiger partial charge in [0, 0.05) is 6.54 Å². The molecule has 7 heteroatoms. The first-order chi connectivity index (χ1) is 10.6. The number of halogens is 2. The van der Waals surface area contributed by atoms with Gasteiger partial charge in [-0.3, -0.25) is 4.90 Å². The summed E-state index contributed by atoms with van der Waals surface area (Å²) in [5.41, 5.74) is 0. The molecule has 0 aliphatic rings. The highest BCUT2D eigenvalue weighted by molar-refractivity contribution is 7.98. The SMILES string of the molecule is CN(C)C(CNCc1ccc(CSC(F)F)o1)c1ccco1. The molecule has 0 aromatic carbocycles. The molecule has 1 N–H and O–H groups in total. The molecule has 0 spiro atoms. The number of thioether (sulfide) groups is 1. The molecule has 1 atom stereocenters. The van der Waals surface area contributed by atoms with Gasteiger partial charge >= 0.3 is 0 Å². The van der Waals surface area contributed by atoms with Gasteiger partial charge in [0.15, 0.2) is 0 Å². The molecule has 0 bridgehead atoms. The topological polar surface area (TPSA) is 41.5 Å². The van der Waals surface area contributed by atoms with E-state index in [4.69, 9.17) is 8.83 Å². The predicted octanol–water partition coefficient (Wildman–Crippen LogP) is 3.72. The van der Waals surface area contributed by atoms with Gasteiger partial charge in [-0.25, -0.2) is 0 Å². The molecule has 0 saturated carbocycles. The number of furan rings is 2. The molecule has 1 unspecified atom stereocenters. The van der Waals surface area contributed by atoms with Crippen molar-refractivity contribution >= 4 is 11.8 Å². The minimum absolute atomic E-state index is 0.124. The second-order valence-electron chi connectivity index (χ2n) is 5.07. The second-order valence-corrected chi connectivity index (χ2v) is 6.04. The maximum atomic E-state index is 12.1. The Morgan fingerprint density at radius 2 is 2.00 bits per heavy atom. The molecule has 0 amide bonds. The van der Waals surface area contributed by atoms with Crippen LogP contribution >= 0.6 is 11.8 Å². The molecular weight excluding hydrogens is 310 g/mol. The Labute approximate surface area is 132 Å². The number of rotatable bonds is 9. The third-order valence-corrected chi connectivity index (χ3v) is 3.90. The Morgan fingerprint density at radius 1 is 1.23 bits per heavy atom. The first kappa shape index (κ1) is 17.1. The third kappa shape index (κ3) is 5.15. The minimum atomic E-state index is -2.37. The van der Waals surface area contributed by atoms with E-state index >= 15 is 0 Å². The van der Waals surface area contributed by atoms with Gasteiger partial charge in [0.05, 0.1) is 24.6 Å². The van der Waals surface area contributed by atoms with Gasteiger partial charge in [0.2, 0.25) is 0 Å². The Balaban J connectivity index is 1.80. The Hall–Kier alpha value is -1.31. The van der Waals surface area contributed by atoms with Gasteiger partial charge in [0.1, 0.15) is 17.3 Å². The van der Waals surface area contributed by atoms with Crippen molar-refractivity contribution in [3.8, 4) is 0 Å². The molecule has 2 heterocycles. The summed E-state index contributed by atoms with van der Waals surface area (Å²) in [6, 6.07) is 7.48. The summed E-state index contributed by atoms with van der Waals surface area (Å²) in [7, 11) is 3.98. The van der Waals surface area contributed by atoms with E-state index in [1.54, 1.807) is 12.3 Å². The minimum Gasteiger partial charge on any atom is -0.468 e. The molecule has 0 radical (unpaired) electrons. The van der Waals surface area contributed by atoms with Crippen molar-refractivity contribution < 1.29 is 17.6 Å². The van der Waals surface area contributed by atoms with E-state index in [1.165, 1.54) is 0 Å². The van der Waals surface area contributed by atoms with Gasteiger partial charge in [-0.2, -0.15) is 8.78 Å². The molecule has 2 aromatic rings. The van der Waals surface area contributed by atoms with Crippen LogP contribution < -0.4 is 5.32 Å². The monoisotopic (exact) mass is 330 g/mol. The number of nitrogens with zero attached hydrogens (tertiary/aromatic N) is 1. The van der Waals surface area contributed by atoms with Gasteiger partial charge in [-0.15, -0.1) is 0 Å². The summed E-state index contributed by atoms with van der Waals surface area (Å²) < 4.78 is 35.2. The zero-order valence-electron chi connectivity index (χ0n) is 12.6. The van der Waals surface area contributed by atoms with E-state index in [2.05, 4.69) is 10.2 Å². The molecule has 0 fully saturated rings. The maximum Gasteiger partial charge on any atom is 0.284 e. The van der Waals surface area contributed by atoms with Crippen LogP contribution in [0.25, 0.3) is 0 Å². The van der Waals surface area contributed by atoms with Crippen LogP contribution in [0.5, 0.6) is 0 Å². The van der Waals surface area contributed by atoms with Crippen molar-refractivity contribution in [2.45, 2.75) is 24.1 Å². The van der Waals surface area contributed by atoms with Crippen molar-refractivity contribution in [2.24, 2.45) is 0 Å². The number of alkyl halides is 2. The standard InChI is InChI=1S/C15H20F2N2O2S/c1-19(2)13(14-4-3-7-20-14)9-18-8-11-5-6-12(21-11)10-22-15(16)17/h3-7,13,15,18H,8-10H2,1-2H3. The molecular formula is C15H20F2N2O2S. The zero-order chi connectivity index (χ0) is 15.9. The van der Waals surface area contributed by atoms with Gasteiger partial charge in [-0.1, -0.05) is 11.8 Å². The van der Waals surface area contributed by atoms with Crippen molar-refractivity contribution in [2.75, 3.05) is 20.6 Å². The van der Waals surface area contributed by atoms with E-state index in [0.717, 1.165) is 11.5 Å². The molecule has 0 aliphatic carbocycles. The Morgan fingerprint density at radius 3 is 2.64 bits per heavy atom. The van der Waals surface area contributed by atoms with Crippen LogP contribution in [-0.4, -0.2) is 31.3 Å². The smallest absolute Gasteiger partial charge is 0.284 e. The van der Waals surface area contributed by atoms with Crippen LogP contribution in [0.4, 0.5) is 8.78 Å². The summed E-state index contributed by atoms with van der Waals surface area (Å²) in [4.78, 5) is 2.07. The van der Waals surface area contributed by atoms with E-state index in [1.807, 2.05) is 32.3 Å². The summed E-state index contributed by atoms with van der Waals surface area (Å²) in [6.45, 7) is 1.24. The lowest BCUT2D eigenvalue weighted by molar-refractivity contribution is 0.248. The number of hydrogen-bond donors (Lipinski definition) is 1. The van der Waals surface area contributed by atoms with Crippen molar-refractivity contribution in [1.82, 2.24) is 10.2 Å². The Kier molecular flexibility index (Phi) is 6.48. The highest BCUT2D eigenvalue weighted by atomic mass is 32.2. The molecule has 2 rings (SSSR count). The lowest BCUT2D eigenvalue weighted by Gasteiger charge is -2.22. The van der Waals surface area contributed by atoms with E-state index in [9.17, 15) is 8.78 Å². The van der Waals surface area contributed by atoms with Crippen LogP contribution in [0.1, 0.15) is 23.3 Å². The van der Waals surface area contributed by atoms with Crippen LogP contribution in [0.2, 0.25) is 0 Å². The highest BCUT2D eigenvalue weighted by Crippen LogP contribution is 2.21. The van der Waals surface area contributed by atoms with Gasteiger partial charge in [0.25, 0.3) is 5.76 Å². The quantitative estimate of drug-likeness (QED) is 0.759. The summed E-state index contributed by atoms with van der Waals surface area (Å²) >= 11 is 0.562. The van der Waals surface area contributed by atoms with Crippen LogP contribution in [0, 0.1) is 0 Å². The molecule has 122 valence electrons. The zero-order valence-corrected chi connectivity index (χ0v) is 13.4. The highest BCUT2D eigenvalue weighted by Gasteiger charge is 2.16. The fraction of sp³-hybridized carbons (Fsp3) is 0.467. The van der Waals surface area contributed by atoms with Gasteiger partial charge < -0.3 is 14.2 Å². The third-order valence-electron chi connectivity index (χ3n) is 3.20. The first-order valence-electron chi connectivity index (χ1n) is 6.94. The molecule has 0 saturated heterocycles. The average Bonchev–Trinajstić information content (AvgIpc) is 3.12. The van der Waals surface area contributed by atoms with Crippen LogP contribution in [0.3, 0.4) is 0 Å². The second kappa shape index (κ2) is 8.36. The van der Waals surface area contributed by atoms with Crippen LogP contribution in [0.15, 0.2) is 39.4 Å². The fourth-order valence-electron chi connectivity index (χ4n) is 2.09. The van der Waals surface area contributed by atoms with E-state index in [0.29, 0.717) is 30.6 Å². The lowest BCUT2D eigenvalue weighted by atomic mass is 10.2. The summed E-state index contributed by atoms with van der Waals surface area (Å²) in [5.74, 6) is 0.00981. The first-order valence-corrected chi connectivity index (χ1v) is 7.99.